The third kappa shape index (κ3) is 2.81. The number of halogens is 1. The van der Waals surface area contributed by atoms with Crippen LogP contribution in [0.3, 0.4) is 0 Å². The number of hydrogen-bond acceptors (Lipinski definition) is 1. The van der Waals surface area contributed by atoms with Crippen molar-refractivity contribution >= 4 is 0 Å². The van der Waals surface area contributed by atoms with Crippen molar-refractivity contribution in [3.63, 3.8) is 0 Å². The number of rotatable bonds is 4. The first kappa shape index (κ1) is 11.2. The molecule has 1 aromatic carbocycles. The van der Waals surface area contributed by atoms with E-state index < -0.39 is 0 Å². The van der Waals surface area contributed by atoms with Gasteiger partial charge in [-0.15, -0.1) is 0 Å². The van der Waals surface area contributed by atoms with Crippen LogP contribution in [0.1, 0.15) is 36.8 Å². The Balaban J connectivity index is 2.74. The van der Waals surface area contributed by atoms with E-state index in [0.29, 0.717) is 6.54 Å². The highest BCUT2D eigenvalue weighted by molar-refractivity contribution is 5.25. The fourth-order valence-corrected chi connectivity index (χ4v) is 1.61. The lowest BCUT2D eigenvalue weighted by Crippen LogP contribution is -2.03. The first-order chi connectivity index (χ1) is 6.65. The van der Waals surface area contributed by atoms with E-state index in [2.05, 4.69) is 0 Å². The molecule has 1 unspecified atom stereocenters. The molecule has 0 aromatic heterocycles. The molecule has 0 amide bonds. The maximum absolute atomic E-state index is 13.5. The average Bonchev–Trinajstić information content (AvgIpc) is 2.14. The van der Waals surface area contributed by atoms with Gasteiger partial charge in [-0.1, -0.05) is 19.1 Å². The van der Waals surface area contributed by atoms with Crippen LogP contribution in [-0.4, -0.2) is 6.54 Å². The van der Waals surface area contributed by atoms with Crippen LogP contribution in [0.5, 0.6) is 0 Å². The number of benzene rings is 1. The van der Waals surface area contributed by atoms with Crippen LogP contribution >= 0.6 is 0 Å². The van der Waals surface area contributed by atoms with E-state index in [0.717, 1.165) is 24.0 Å². The predicted molar refractivity (Wildman–Crippen MR) is 57.8 cm³/mol. The van der Waals surface area contributed by atoms with Gasteiger partial charge in [-0.05, 0) is 49.4 Å². The molecule has 0 saturated heterocycles. The highest BCUT2D eigenvalue weighted by Gasteiger charge is 2.09. The largest absolute Gasteiger partial charge is 0.330 e. The van der Waals surface area contributed by atoms with Crippen LogP contribution in [0.4, 0.5) is 4.39 Å². The monoisotopic (exact) mass is 195 g/mol. The van der Waals surface area contributed by atoms with Crippen molar-refractivity contribution in [1.29, 1.82) is 0 Å². The Hall–Kier alpha value is -0.890. The summed E-state index contributed by atoms with van der Waals surface area (Å²) in [4.78, 5) is 0. The van der Waals surface area contributed by atoms with Crippen LogP contribution in [0.2, 0.25) is 0 Å². The Morgan fingerprint density at radius 1 is 1.43 bits per heavy atom. The second kappa shape index (κ2) is 5.11. The van der Waals surface area contributed by atoms with Crippen molar-refractivity contribution in [3.05, 3.63) is 35.1 Å². The lowest BCUT2D eigenvalue weighted by molar-refractivity contribution is 0.564. The zero-order chi connectivity index (χ0) is 10.6. The summed E-state index contributed by atoms with van der Waals surface area (Å²) >= 11 is 0. The Kier molecular flexibility index (Phi) is 4.08. The van der Waals surface area contributed by atoms with Crippen molar-refractivity contribution in [3.8, 4) is 0 Å². The molecule has 1 nitrogen and oxygen atoms in total. The van der Waals surface area contributed by atoms with Crippen LogP contribution in [0, 0.1) is 12.7 Å². The molecule has 0 spiro atoms. The molecular weight excluding hydrogens is 177 g/mol. The first-order valence-corrected chi connectivity index (χ1v) is 5.11. The van der Waals surface area contributed by atoms with E-state index in [-0.39, 0.29) is 11.7 Å². The molecule has 0 heterocycles. The first-order valence-electron chi connectivity index (χ1n) is 5.11. The van der Waals surface area contributed by atoms with Gasteiger partial charge in [-0.2, -0.15) is 0 Å². The molecule has 1 aromatic rings. The van der Waals surface area contributed by atoms with Crippen molar-refractivity contribution in [1.82, 2.24) is 0 Å². The summed E-state index contributed by atoms with van der Waals surface area (Å²) in [5.41, 5.74) is 7.20. The van der Waals surface area contributed by atoms with Gasteiger partial charge < -0.3 is 5.73 Å². The van der Waals surface area contributed by atoms with Crippen LogP contribution < -0.4 is 5.73 Å². The van der Waals surface area contributed by atoms with Gasteiger partial charge >= 0.3 is 0 Å². The molecule has 1 rings (SSSR count). The van der Waals surface area contributed by atoms with E-state index in [1.807, 2.05) is 26.0 Å². The highest BCUT2D eigenvalue weighted by atomic mass is 19.1. The summed E-state index contributed by atoms with van der Waals surface area (Å²) in [6.07, 6.45) is 1.91. The Morgan fingerprint density at radius 2 is 2.14 bits per heavy atom. The molecule has 0 radical (unpaired) electrons. The summed E-state index contributed by atoms with van der Waals surface area (Å²) in [6, 6.07) is 5.43. The zero-order valence-electron chi connectivity index (χ0n) is 8.89. The lowest BCUT2D eigenvalue weighted by Gasteiger charge is -2.12. The standard InChI is InChI=1S/C12H18FN/c1-9-5-6-11(12(13)8-9)10(2)4-3-7-14/h5-6,8,10H,3-4,7,14H2,1-2H3. The van der Waals surface area contributed by atoms with E-state index >= 15 is 0 Å². The summed E-state index contributed by atoms with van der Waals surface area (Å²) in [5, 5.41) is 0. The normalized spacial score (nSPS) is 12.9. The Labute approximate surface area is 85.1 Å². The molecule has 0 fully saturated rings. The van der Waals surface area contributed by atoms with E-state index in [9.17, 15) is 4.39 Å². The molecule has 0 aliphatic rings. The molecule has 2 N–H and O–H groups in total. The smallest absolute Gasteiger partial charge is 0.126 e. The minimum Gasteiger partial charge on any atom is -0.330 e. The van der Waals surface area contributed by atoms with Crippen LogP contribution in [-0.2, 0) is 0 Å². The van der Waals surface area contributed by atoms with Gasteiger partial charge in [0.2, 0.25) is 0 Å². The van der Waals surface area contributed by atoms with Gasteiger partial charge in [0.25, 0.3) is 0 Å². The fraction of sp³-hybridized carbons (Fsp3) is 0.500. The van der Waals surface area contributed by atoms with Gasteiger partial charge in [-0.3, -0.25) is 0 Å². The highest BCUT2D eigenvalue weighted by Crippen LogP contribution is 2.23. The molecule has 2 heteroatoms. The molecule has 1 atom stereocenters. The fourth-order valence-electron chi connectivity index (χ4n) is 1.61. The minimum atomic E-state index is -0.0884. The molecule has 0 bridgehead atoms. The maximum Gasteiger partial charge on any atom is 0.126 e. The summed E-state index contributed by atoms with van der Waals surface area (Å²) in [5.74, 6) is 0.175. The summed E-state index contributed by atoms with van der Waals surface area (Å²) < 4.78 is 13.5. The molecule has 0 saturated carbocycles. The Morgan fingerprint density at radius 3 is 2.71 bits per heavy atom. The van der Waals surface area contributed by atoms with E-state index in [4.69, 9.17) is 5.73 Å². The molecule has 78 valence electrons. The third-order valence-electron chi connectivity index (χ3n) is 2.53. The van der Waals surface area contributed by atoms with Crippen molar-refractivity contribution in [2.75, 3.05) is 6.54 Å². The van der Waals surface area contributed by atoms with Crippen molar-refractivity contribution < 1.29 is 4.39 Å². The number of hydrogen-bond donors (Lipinski definition) is 1. The minimum absolute atomic E-state index is 0.0884. The molecule has 0 aliphatic carbocycles. The third-order valence-corrected chi connectivity index (χ3v) is 2.53. The number of aryl methyl sites for hydroxylation is 1. The maximum atomic E-state index is 13.5. The second-order valence-corrected chi connectivity index (χ2v) is 3.86. The predicted octanol–water partition coefficient (Wildman–Crippen LogP) is 2.98. The van der Waals surface area contributed by atoms with Crippen molar-refractivity contribution in [2.24, 2.45) is 5.73 Å². The van der Waals surface area contributed by atoms with Crippen molar-refractivity contribution in [2.45, 2.75) is 32.6 Å². The van der Waals surface area contributed by atoms with Crippen LogP contribution in [0.25, 0.3) is 0 Å². The lowest BCUT2D eigenvalue weighted by atomic mass is 9.95. The SMILES string of the molecule is Cc1ccc(C(C)CCCN)c(F)c1. The number of nitrogens with two attached hydrogens (primary N) is 1. The van der Waals surface area contributed by atoms with Gasteiger partial charge in [0.15, 0.2) is 0 Å². The molecule has 0 aliphatic heterocycles. The molecular formula is C12H18FN. The van der Waals surface area contributed by atoms with Gasteiger partial charge in [-0.25, -0.2) is 4.39 Å². The molecule has 14 heavy (non-hydrogen) atoms. The Bertz CT molecular complexity index is 296. The van der Waals surface area contributed by atoms with Gasteiger partial charge in [0.05, 0.1) is 0 Å². The van der Waals surface area contributed by atoms with E-state index in [1.54, 1.807) is 6.07 Å². The zero-order valence-corrected chi connectivity index (χ0v) is 8.89. The average molecular weight is 195 g/mol. The van der Waals surface area contributed by atoms with Gasteiger partial charge in [0, 0.05) is 0 Å². The quantitative estimate of drug-likeness (QED) is 0.785. The summed E-state index contributed by atoms with van der Waals surface area (Å²) in [7, 11) is 0. The van der Waals surface area contributed by atoms with Crippen LogP contribution in [0.15, 0.2) is 18.2 Å². The summed E-state index contributed by atoms with van der Waals surface area (Å²) in [6.45, 7) is 4.62. The van der Waals surface area contributed by atoms with Gasteiger partial charge in [0.1, 0.15) is 5.82 Å². The second-order valence-electron chi connectivity index (χ2n) is 3.86. The van der Waals surface area contributed by atoms with E-state index in [1.165, 1.54) is 0 Å². The topological polar surface area (TPSA) is 26.0 Å².